The number of amides is 1. The first-order chi connectivity index (χ1) is 11.6. The van der Waals surface area contributed by atoms with E-state index in [1.165, 1.54) is 18.2 Å². The van der Waals surface area contributed by atoms with Crippen molar-refractivity contribution < 1.29 is 4.79 Å². The summed E-state index contributed by atoms with van der Waals surface area (Å²) in [4.78, 5) is 19.1. The minimum absolute atomic E-state index is 0.141. The predicted molar refractivity (Wildman–Crippen MR) is 96.9 cm³/mol. The second kappa shape index (κ2) is 7.23. The quantitative estimate of drug-likeness (QED) is 0.796. The van der Waals surface area contributed by atoms with Crippen LogP contribution in [-0.2, 0) is 4.79 Å². The molecule has 0 saturated carbocycles. The Morgan fingerprint density at radius 2 is 2.25 bits per heavy atom. The van der Waals surface area contributed by atoms with Gasteiger partial charge in [-0.2, -0.15) is 5.26 Å². The smallest absolute Gasteiger partial charge is 0.233 e. The maximum atomic E-state index is 12.5. The third-order valence-corrected chi connectivity index (χ3v) is 5.49. The van der Waals surface area contributed by atoms with Crippen LogP contribution in [0, 0.1) is 18.3 Å². The standard InChI is InChI=1S/C19H21N3OS/c1-13-6-7-15-10-16(11-20)19(21-17(15)9-13)24-12-18(23)22-8-4-3-5-14(22)2/h6-7,9-10,14H,3-5,8,12H2,1-2H3/t14-/m1/s1. The van der Waals surface area contributed by atoms with Crippen LogP contribution >= 0.6 is 11.8 Å². The van der Waals surface area contributed by atoms with E-state index in [1.54, 1.807) is 0 Å². The first-order valence-electron chi connectivity index (χ1n) is 8.32. The number of nitriles is 1. The van der Waals surface area contributed by atoms with Crippen molar-refractivity contribution >= 4 is 28.6 Å². The van der Waals surface area contributed by atoms with Gasteiger partial charge in [-0.25, -0.2) is 4.98 Å². The van der Waals surface area contributed by atoms with Crippen LogP contribution in [0.4, 0.5) is 0 Å². The molecule has 3 rings (SSSR count). The van der Waals surface area contributed by atoms with Gasteiger partial charge in [-0.15, -0.1) is 0 Å². The van der Waals surface area contributed by atoms with E-state index >= 15 is 0 Å². The molecule has 1 aromatic heterocycles. The number of thioether (sulfide) groups is 1. The van der Waals surface area contributed by atoms with Crippen LogP contribution in [-0.4, -0.2) is 34.1 Å². The van der Waals surface area contributed by atoms with Gasteiger partial charge in [-0.05, 0) is 50.8 Å². The Bertz CT molecular complexity index is 812. The van der Waals surface area contributed by atoms with Crippen molar-refractivity contribution in [2.75, 3.05) is 12.3 Å². The lowest BCUT2D eigenvalue weighted by Gasteiger charge is -2.33. The third-order valence-electron chi connectivity index (χ3n) is 4.51. The maximum Gasteiger partial charge on any atom is 0.233 e. The molecule has 0 radical (unpaired) electrons. The Hall–Kier alpha value is -2.06. The van der Waals surface area contributed by atoms with Gasteiger partial charge < -0.3 is 4.90 Å². The first-order valence-corrected chi connectivity index (χ1v) is 9.31. The number of piperidine rings is 1. The van der Waals surface area contributed by atoms with Gasteiger partial charge in [0.2, 0.25) is 5.91 Å². The van der Waals surface area contributed by atoms with Crippen molar-refractivity contribution in [1.82, 2.24) is 9.88 Å². The predicted octanol–water partition coefficient (Wildman–Crippen LogP) is 3.91. The van der Waals surface area contributed by atoms with Crippen LogP contribution < -0.4 is 0 Å². The molecule has 24 heavy (non-hydrogen) atoms. The first kappa shape index (κ1) is 16.8. The molecule has 1 aliphatic rings. The summed E-state index contributed by atoms with van der Waals surface area (Å²) in [6.45, 7) is 4.98. The number of carbonyl (C=O) groups is 1. The second-order valence-electron chi connectivity index (χ2n) is 6.37. The molecule has 124 valence electrons. The molecule has 1 atom stereocenters. The number of rotatable bonds is 3. The van der Waals surface area contributed by atoms with E-state index in [4.69, 9.17) is 0 Å². The van der Waals surface area contributed by atoms with Gasteiger partial charge in [0.25, 0.3) is 0 Å². The summed E-state index contributed by atoms with van der Waals surface area (Å²) in [7, 11) is 0. The van der Waals surface area contributed by atoms with Crippen LogP contribution in [0.5, 0.6) is 0 Å². The van der Waals surface area contributed by atoms with Crippen LogP contribution in [0.3, 0.4) is 0 Å². The lowest BCUT2D eigenvalue weighted by molar-refractivity contribution is -0.131. The minimum Gasteiger partial charge on any atom is -0.339 e. The van der Waals surface area contributed by atoms with Crippen molar-refractivity contribution in [3.8, 4) is 6.07 Å². The summed E-state index contributed by atoms with van der Waals surface area (Å²) < 4.78 is 0. The SMILES string of the molecule is Cc1ccc2cc(C#N)c(SCC(=O)N3CCCC[C@H]3C)nc2c1. The highest BCUT2D eigenvalue weighted by atomic mass is 32.2. The molecular formula is C19H21N3OS. The highest BCUT2D eigenvalue weighted by Gasteiger charge is 2.23. The second-order valence-corrected chi connectivity index (χ2v) is 7.33. The van der Waals surface area contributed by atoms with E-state index in [0.29, 0.717) is 22.4 Å². The number of hydrogen-bond donors (Lipinski definition) is 0. The summed E-state index contributed by atoms with van der Waals surface area (Å²) >= 11 is 1.37. The summed E-state index contributed by atoms with van der Waals surface area (Å²) in [5.74, 6) is 0.478. The summed E-state index contributed by atoms with van der Waals surface area (Å²) in [6, 6.07) is 10.4. The van der Waals surface area contributed by atoms with Crippen molar-refractivity contribution in [2.45, 2.75) is 44.2 Å². The lowest BCUT2D eigenvalue weighted by Crippen LogP contribution is -2.42. The van der Waals surface area contributed by atoms with E-state index < -0.39 is 0 Å². The van der Waals surface area contributed by atoms with Gasteiger partial charge >= 0.3 is 0 Å². The number of aryl methyl sites for hydroxylation is 1. The van der Waals surface area contributed by atoms with Crippen molar-refractivity contribution in [1.29, 1.82) is 5.26 Å². The molecule has 1 saturated heterocycles. The largest absolute Gasteiger partial charge is 0.339 e. The Kier molecular flexibility index (Phi) is 5.06. The van der Waals surface area contributed by atoms with Crippen molar-refractivity contribution in [2.24, 2.45) is 0 Å². The summed E-state index contributed by atoms with van der Waals surface area (Å²) in [5.41, 5.74) is 2.54. The van der Waals surface area contributed by atoms with E-state index in [1.807, 2.05) is 36.1 Å². The Labute approximate surface area is 146 Å². The fourth-order valence-corrected chi connectivity index (χ4v) is 3.98. The molecule has 1 aliphatic heterocycles. The molecule has 2 aromatic rings. The van der Waals surface area contributed by atoms with Gasteiger partial charge in [0.15, 0.2) is 0 Å². The number of aromatic nitrogens is 1. The number of pyridine rings is 1. The average molecular weight is 339 g/mol. The van der Waals surface area contributed by atoms with Crippen LogP contribution in [0.15, 0.2) is 29.3 Å². The van der Waals surface area contributed by atoms with E-state index in [0.717, 1.165) is 35.9 Å². The molecule has 0 unspecified atom stereocenters. The number of carbonyl (C=O) groups excluding carboxylic acids is 1. The fraction of sp³-hybridized carbons (Fsp3) is 0.421. The maximum absolute atomic E-state index is 12.5. The Morgan fingerprint density at radius 1 is 1.42 bits per heavy atom. The molecule has 0 bridgehead atoms. The molecule has 1 fully saturated rings. The zero-order valence-corrected chi connectivity index (χ0v) is 14.9. The Balaban J connectivity index is 1.79. The monoisotopic (exact) mass is 339 g/mol. The van der Waals surface area contributed by atoms with Crippen molar-refractivity contribution in [3.63, 3.8) is 0 Å². The zero-order valence-electron chi connectivity index (χ0n) is 14.1. The number of benzene rings is 1. The molecule has 0 spiro atoms. The molecule has 5 heteroatoms. The van der Waals surface area contributed by atoms with E-state index in [2.05, 4.69) is 18.0 Å². The van der Waals surface area contributed by atoms with Gasteiger partial charge in [0.1, 0.15) is 11.1 Å². The molecule has 0 aliphatic carbocycles. The molecule has 1 aromatic carbocycles. The van der Waals surface area contributed by atoms with Gasteiger partial charge in [0, 0.05) is 18.0 Å². The van der Waals surface area contributed by atoms with E-state index in [9.17, 15) is 10.1 Å². The molecule has 0 N–H and O–H groups in total. The number of nitrogens with zero attached hydrogens (tertiary/aromatic N) is 3. The molecule has 1 amide bonds. The zero-order chi connectivity index (χ0) is 17.1. The molecular weight excluding hydrogens is 318 g/mol. The van der Waals surface area contributed by atoms with Crippen LogP contribution in [0.2, 0.25) is 0 Å². The van der Waals surface area contributed by atoms with Crippen molar-refractivity contribution in [3.05, 3.63) is 35.4 Å². The normalized spacial score (nSPS) is 17.7. The van der Waals surface area contributed by atoms with Gasteiger partial charge in [-0.3, -0.25) is 4.79 Å². The van der Waals surface area contributed by atoms with Crippen LogP contribution in [0.1, 0.15) is 37.3 Å². The molecule has 2 heterocycles. The highest BCUT2D eigenvalue weighted by Crippen LogP contribution is 2.26. The van der Waals surface area contributed by atoms with Gasteiger partial charge in [-0.1, -0.05) is 23.9 Å². The average Bonchev–Trinajstić information content (AvgIpc) is 2.59. The number of hydrogen-bond acceptors (Lipinski definition) is 4. The molecule has 4 nitrogen and oxygen atoms in total. The summed E-state index contributed by atoms with van der Waals surface area (Å²) in [5, 5.41) is 11.0. The Morgan fingerprint density at radius 3 is 3.00 bits per heavy atom. The minimum atomic E-state index is 0.141. The number of likely N-dealkylation sites (tertiary alicyclic amines) is 1. The van der Waals surface area contributed by atoms with Crippen LogP contribution in [0.25, 0.3) is 10.9 Å². The number of fused-ring (bicyclic) bond motifs is 1. The summed E-state index contributed by atoms with van der Waals surface area (Å²) in [6.07, 6.45) is 3.35. The fourth-order valence-electron chi connectivity index (χ4n) is 3.13. The third kappa shape index (κ3) is 3.54. The lowest BCUT2D eigenvalue weighted by atomic mass is 10.0. The highest BCUT2D eigenvalue weighted by molar-refractivity contribution is 8.00. The topological polar surface area (TPSA) is 57.0 Å². The van der Waals surface area contributed by atoms with E-state index in [-0.39, 0.29) is 5.91 Å². The van der Waals surface area contributed by atoms with Gasteiger partial charge in [0.05, 0.1) is 16.8 Å².